The molecule has 1 aromatic heterocycles. The van der Waals surface area contributed by atoms with Crippen LogP contribution in [0.25, 0.3) is 0 Å². The highest BCUT2D eigenvalue weighted by Gasteiger charge is 2.15. The van der Waals surface area contributed by atoms with E-state index in [2.05, 4.69) is 34.3 Å². The highest BCUT2D eigenvalue weighted by Crippen LogP contribution is 2.23. The predicted octanol–water partition coefficient (Wildman–Crippen LogP) is 4.18. The first-order valence-electron chi connectivity index (χ1n) is 9.09. The number of anilines is 2. The summed E-state index contributed by atoms with van der Waals surface area (Å²) in [4.78, 5) is 23.7. The second-order valence-corrected chi connectivity index (χ2v) is 6.45. The zero-order valence-electron chi connectivity index (χ0n) is 15.9. The van der Waals surface area contributed by atoms with Gasteiger partial charge in [0.15, 0.2) is 0 Å². The average Bonchev–Trinajstić information content (AvgIpc) is 2.67. The first kappa shape index (κ1) is 18.6. The van der Waals surface area contributed by atoms with Crippen LogP contribution in [0.5, 0.6) is 0 Å². The fraction of sp³-hybridized carbons (Fsp3) is 0.227. The van der Waals surface area contributed by atoms with Crippen molar-refractivity contribution in [1.29, 1.82) is 0 Å². The van der Waals surface area contributed by atoms with E-state index < -0.39 is 0 Å². The summed E-state index contributed by atoms with van der Waals surface area (Å²) in [5.74, 6) is 0.332. The molecule has 0 atom stereocenters. The van der Waals surface area contributed by atoms with Crippen molar-refractivity contribution in [2.45, 2.75) is 27.3 Å². The molecule has 5 nitrogen and oxygen atoms in total. The maximum Gasteiger partial charge on any atom is 0.270 e. The largest absolute Gasteiger partial charge is 0.347 e. The predicted molar refractivity (Wildman–Crippen MR) is 108 cm³/mol. The third-order valence-electron chi connectivity index (χ3n) is 4.24. The lowest BCUT2D eigenvalue weighted by molar-refractivity contribution is 0.0945. The lowest BCUT2D eigenvalue weighted by Gasteiger charge is -2.22. The Morgan fingerprint density at radius 1 is 1.00 bits per heavy atom. The van der Waals surface area contributed by atoms with Gasteiger partial charge in [-0.2, -0.15) is 0 Å². The third-order valence-corrected chi connectivity index (χ3v) is 4.24. The molecular weight excluding hydrogens is 336 g/mol. The van der Waals surface area contributed by atoms with Gasteiger partial charge >= 0.3 is 0 Å². The van der Waals surface area contributed by atoms with Gasteiger partial charge in [0, 0.05) is 24.5 Å². The highest BCUT2D eigenvalue weighted by molar-refractivity contribution is 5.92. The number of hydrogen-bond donors (Lipinski definition) is 1. The van der Waals surface area contributed by atoms with Gasteiger partial charge in [0.1, 0.15) is 5.69 Å². The highest BCUT2D eigenvalue weighted by atomic mass is 16.1. The number of carbonyl (C=O) groups excluding carboxylic acids is 1. The quantitative estimate of drug-likeness (QED) is 0.716. The molecule has 0 bridgehead atoms. The summed E-state index contributed by atoms with van der Waals surface area (Å²) in [6.07, 6.45) is 0. The molecule has 0 unspecified atom stereocenters. The molecule has 138 valence electrons. The number of nitrogens with one attached hydrogen (secondary N) is 1. The van der Waals surface area contributed by atoms with Crippen molar-refractivity contribution in [3.05, 3.63) is 83.2 Å². The fourth-order valence-corrected chi connectivity index (χ4v) is 2.89. The van der Waals surface area contributed by atoms with Crippen LogP contribution in [0.4, 0.5) is 11.6 Å². The van der Waals surface area contributed by atoms with Crippen molar-refractivity contribution in [3.8, 4) is 0 Å². The molecule has 0 aliphatic heterocycles. The van der Waals surface area contributed by atoms with Gasteiger partial charge < -0.3 is 10.2 Å². The summed E-state index contributed by atoms with van der Waals surface area (Å²) >= 11 is 0. The number of amides is 1. The molecule has 3 aromatic rings. The number of benzene rings is 2. The van der Waals surface area contributed by atoms with E-state index in [9.17, 15) is 4.79 Å². The van der Waals surface area contributed by atoms with Gasteiger partial charge in [0.05, 0.1) is 0 Å². The first-order chi connectivity index (χ1) is 13.1. The average molecular weight is 360 g/mol. The van der Waals surface area contributed by atoms with Gasteiger partial charge in [-0.1, -0.05) is 42.5 Å². The van der Waals surface area contributed by atoms with Crippen LogP contribution in [0.2, 0.25) is 0 Å². The maximum absolute atomic E-state index is 12.6. The Kier molecular flexibility index (Phi) is 5.81. The lowest BCUT2D eigenvalue weighted by atomic mass is 10.2. The molecule has 0 aliphatic carbocycles. The smallest absolute Gasteiger partial charge is 0.270 e. The number of rotatable bonds is 6. The van der Waals surface area contributed by atoms with Crippen molar-refractivity contribution < 1.29 is 4.79 Å². The molecule has 1 heterocycles. The van der Waals surface area contributed by atoms with Crippen LogP contribution in [0.1, 0.15) is 34.2 Å². The Balaban J connectivity index is 1.83. The second kappa shape index (κ2) is 8.45. The monoisotopic (exact) mass is 360 g/mol. The normalized spacial score (nSPS) is 10.5. The van der Waals surface area contributed by atoms with E-state index in [4.69, 9.17) is 0 Å². The van der Waals surface area contributed by atoms with E-state index in [1.165, 1.54) is 5.56 Å². The molecule has 0 saturated carbocycles. The number of aromatic nitrogens is 2. The third kappa shape index (κ3) is 4.70. The van der Waals surface area contributed by atoms with E-state index in [0.717, 1.165) is 16.9 Å². The van der Waals surface area contributed by atoms with Gasteiger partial charge in [-0.25, -0.2) is 9.97 Å². The summed E-state index contributed by atoms with van der Waals surface area (Å²) in [5.41, 5.74) is 4.36. The van der Waals surface area contributed by atoms with Crippen LogP contribution in [-0.4, -0.2) is 22.4 Å². The van der Waals surface area contributed by atoms with E-state index in [-0.39, 0.29) is 5.91 Å². The molecule has 0 spiro atoms. The van der Waals surface area contributed by atoms with Crippen molar-refractivity contribution in [3.63, 3.8) is 0 Å². The molecular formula is C22H24N4O. The molecule has 0 saturated heterocycles. The number of carbonyl (C=O) groups is 1. The summed E-state index contributed by atoms with van der Waals surface area (Å²) in [6.45, 7) is 7.15. The topological polar surface area (TPSA) is 58.1 Å². The SMILES string of the molecule is CCN(c1cccc(C)c1)c1nc(C)cc(C(=O)NCc2ccccc2)n1. The molecule has 0 aliphatic rings. The Hall–Kier alpha value is -3.21. The molecule has 0 radical (unpaired) electrons. The minimum atomic E-state index is -0.203. The van der Waals surface area contributed by atoms with E-state index >= 15 is 0 Å². The van der Waals surface area contributed by atoms with E-state index in [0.29, 0.717) is 24.7 Å². The van der Waals surface area contributed by atoms with Crippen LogP contribution >= 0.6 is 0 Å². The van der Waals surface area contributed by atoms with Gasteiger partial charge in [0.2, 0.25) is 5.95 Å². The fourth-order valence-electron chi connectivity index (χ4n) is 2.89. The number of nitrogens with zero attached hydrogens (tertiary/aromatic N) is 3. The molecule has 0 fully saturated rings. The Labute approximate surface area is 160 Å². The molecule has 1 amide bonds. The van der Waals surface area contributed by atoms with Crippen LogP contribution < -0.4 is 10.2 Å². The number of aryl methyl sites for hydroxylation is 2. The van der Waals surface area contributed by atoms with Crippen molar-refractivity contribution in [1.82, 2.24) is 15.3 Å². The van der Waals surface area contributed by atoms with Crippen LogP contribution in [0.15, 0.2) is 60.7 Å². The van der Waals surface area contributed by atoms with E-state index in [1.807, 2.05) is 61.2 Å². The van der Waals surface area contributed by atoms with Gasteiger partial charge in [-0.05, 0) is 50.1 Å². The van der Waals surface area contributed by atoms with E-state index in [1.54, 1.807) is 6.07 Å². The van der Waals surface area contributed by atoms with Crippen LogP contribution in [0, 0.1) is 13.8 Å². The second-order valence-electron chi connectivity index (χ2n) is 6.45. The van der Waals surface area contributed by atoms with Crippen molar-refractivity contribution >= 4 is 17.5 Å². The van der Waals surface area contributed by atoms with Gasteiger partial charge in [-0.3, -0.25) is 4.79 Å². The molecule has 3 rings (SSSR count). The summed E-state index contributed by atoms with van der Waals surface area (Å²) in [5, 5.41) is 2.93. The van der Waals surface area contributed by atoms with Crippen molar-refractivity contribution in [2.75, 3.05) is 11.4 Å². The molecule has 27 heavy (non-hydrogen) atoms. The lowest BCUT2D eigenvalue weighted by Crippen LogP contribution is -2.26. The van der Waals surface area contributed by atoms with Crippen molar-refractivity contribution in [2.24, 2.45) is 0 Å². The molecule has 2 aromatic carbocycles. The summed E-state index contributed by atoms with van der Waals surface area (Å²) in [6, 6.07) is 19.7. The minimum Gasteiger partial charge on any atom is -0.347 e. The van der Waals surface area contributed by atoms with Gasteiger partial charge in [-0.15, -0.1) is 0 Å². The summed E-state index contributed by atoms with van der Waals surface area (Å²) < 4.78 is 0. The number of hydrogen-bond acceptors (Lipinski definition) is 4. The van der Waals surface area contributed by atoms with Crippen LogP contribution in [0.3, 0.4) is 0 Å². The first-order valence-corrected chi connectivity index (χ1v) is 9.09. The standard InChI is InChI=1S/C22H24N4O/c1-4-26(19-12-8-9-16(2)13-19)22-24-17(3)14-20(25-22)21(27)23-15-18-10-6-5-7-11-18/h5-14H,4,15H2,1-3H3,(H,23,27). The summed E-state index contributed by atoms with van der Waals surface area (Å²) in [7, 11) is 0. The zero-order valence-corrected chi connectivity index (χ0v) is 15.9. The van der Waals surface area contributed by atoms with Crippen LogP contribution in [-0.2, 0) is 6.54 Å². The molecule has 1 N–H and O–H groups in total. The minimum absolute atomic E-state index is 0.203. The maximum atomic E-state index is 12.6. The molecule has 5 heteroatoms. The Bertz CT molecular complexity index is 925. The zero-order chi connectivity index (χ0) is 19.2. The Morgan fingerprint density at radius 2 is 1.78 bits per heavy atom. The van der Waals surface area contributed by atoms with Gasteiger partial charge in [0.25, 0.3) is 5.91 Å². The Morgan fingerprint density at radius 3 is 2.48 bits per heavy atom.